The molecule has 0 saturated heterocycles. The molecule has 0 fully saturated rings. The van der Waals surface area contributed by atoms with Gasteiger partial charge in [0.2, 0.25) is 0 Å². The lowest BCUT2D eigenvalue weighted by atomic mass is 10.3. The highest BCUT2D eigenvalue weighted by atomic mass is 35.5. The lowest BCUT2D eigenvalue weighted by Gasteiger charge is -2.24. The molecule has 0 aliphatic rings. The Morgan fingerprint density at radius 1 is 1.25 bits per heavy atom. The maximum Gasteiger partial charge on any atom is 0.295 e. The number of amides is 1. The molecule has 0 bridgehead atoms. The third-order valence-electron chi connectivity index (χ3n) is 4.41. The second kappa shape index (κ2) is 10.1. The van der Waals surface area contributed by atoms with E-state index >= 15 is 0 Å². The molecule has 0 saturated carbocycles. The fourth-order valence-electron chi connectivity index (χ4n) is 2.82. The number of fused-ring (bicyclic) bond motifs is 1. The number of likely N-dealkylation sites (N-methyl/N-ethyl adjacent to an activating group) is 1. The summed E-state index contributed by atoms with van der Waals surface area (Å²) < 4.78 is 11.5. The van der Waals surface area contributed by atoms with Crippen LogP contribution in [0.3, 0.4) is 0 Å². The number of benzene rings is 1. The van der Waals surface area contributed by atoms with Crippen molar-refractivity contribution in [3.63, 3.8) is 0 Å². The first kappa shape index (κ1) is 22.5. The molecule has 0 aliphatic heterocycles. The van der Waals surface area contributed by atoms with Crippen LogP contribution in [0.1, 0.15) is 24.4 Å². The molecule has 0 spiro atoms. The predicted molar refractivity (Wildman–Crippen MR) is 117 cm³/mol. The smallest absolute Gasteiger partial charge is 0.295 e. The first-order chi connectivity index (χ1) is 13.1. The van der Waals surface area contributed by atoms with E-state index in [9.17, 15) is 4.79 Å². The minimum atomic E-state index is -0.221. The van der Waals surface area contributed by atoms with Crippen LogP contribution in [0, 0.1) is 0 Å². The van der Waals surface area contributed by atoms with Crippen molar-refractivity contribution in [3.8, 4) is 5.75 Å². The first-order valence-electron chi connectivity index (χ1n) is 8.79. The Bertz CT molecular complexity index is 911. The Morgan fingerprint density at radius 2 is 2.00 bits per heavy atom. The Morgan fingerprint density at radius 3 is 2.61 bits per heavy atom. The molecule has 28 heavy (non-hydrogen) atoms. The third-order valence-corrected chi connectivity index (χ3v) is 5.95. The topological polar surface area (TPSA) is 58.8 Å². The predicted octanol–water partition coefficient (Wildman–Crippen LogP) is 4.96. The van der Waals surface area contributed by atoms with Crippen LogP contribution in [0.4, 0.5) is 5.13 Å². The van der Waals surface area contributed by atoms with Crippen LogP contribution in [-0.2, 0) is 0 Å². The van der Waals surface area contributed by atoms with E-state index in [1.54, 1.807) is 36.3 Å². The standard InChI is InChI=1S/C19H22ClN3O3S.ClH/c1-4-22(5-2)10-11-23(18(24)15-7-6-12-26-15)19-21-16-14(25-3)9-8-13(20)17(16)27-19;/h6-9,12H,4-5,10-11H2,1-3H3;1H. The highest BCUT2D eigenvalue weighted by Crippen LogP contribution is 2.39. The molecule has 9 heteroatoms. The van der Waals surface area contributed by atoms with Crippen LogP contribution in [0.5, 0.6) is 5.75 Å². The summed E-state index contributed by atoms with van der Waals surface area (Å²) in [6.07, 6.45) is 1.49. The summed E-state index contributed by atoms with van der Waals surface area (Å²) in [6, 6.07) is 6.92. The number of rotatable bonds is 8. The van der Waals surface area contributed by atoms with Gasteiger partial charge < -0.3 is 14.1 Å². The average molecular weight is 444 g/mol. The average Bonchev–Trinajstić information content (AvgIpc) is 3.36. The number of anilines is 1. The number of carbonyl (C=O) groups is 1. The third kappa shape index (κ3) is 4.60. The number of nitrogens with zero attached hydrogens (tertiary/aromatic N) is 3. The van der Waals surface area contributed by atoms with Crippen LogP contribution >= 0.6 is 35.3 Å². The molecule has 0 radical (unpaired) electrons. The molecular weight excluding hydrogens is 421 g/mol. The van der Waals surface area contributed by atoms with Gasteiger partial charge in [0.05, 0.1) is 23.1 Å². The van der Waals surface area contributed by atoms with E-state index in [0.29, 0.717) is 28.0 Å². The van der Waals surface area contributed by atoms with Gasteiger partial charge in [-0.25, -0.2) is 4.98 Å². The van der Waals surface area contributed by atoms with Crippen LogP contribution in [-0.4, -0.2) is 49.1 Å². The number of hydrogen-bond acceptors (Lipinski definition) is 6. The van der Waals surface area contributed by atoms with Crippen molar-refractivity contribution in [2.24, 2.45) is 0 Å². The number of furan rings is 1. The first-order valence-corrected chi connectivity index (χ1v) is 9.99. The molecule has 2 heterocycles. The van der Waals surface area contributed by atoms with Gasteiger partial charge in [0, 0.05) is 13.1 Å². The maximum atomic E-state index is 13.0. The van der Waals surface area contributed by atoms with Gasteiger partial charge in [-0.3, -0.25) is 9.69 Å². The van der Waals surface area contributed by atoms with Crippen LogP contribution in [0.25, 0.3) is 10.2 Å². The van der Waals surface area contributed by atoms with Crippen molar-refractivity contribution in [1.82, 2.24) is 9.88 Å². The SMILES string of the molecule is CCN(CC)CCN(C(=O)c1ccco1)c1nc2c(OC)ccc(Cl)c2s1.Cl. The van der Waals surface area contributed by atoms with Crippen molar-refractivity contribution in [1.29, 1.82) is 0 Å². The van der Waals surface area contributed by atoms with Crippen LogP contribution in [0.2, 0.25) is 5.02 Å². The Hall–Kier alpha value is -1.80. The fraction of sp³-hybridized carbons (Fsp3) is 0.368. The zero-order valence-electron chi connectivity index (χ0n) is 16.0. The molecule has 152 valence electrons. The molecule has 2 aromatic heterocycles. The number of aromatic nitrogens is 1. The summed E-state index contributed by atoms with van der Waals surface area (Å²) in [7, 11) is 1.59. The highest BCUT2D eigenvalue weighted by Gasteiger charge is 2.25. The zero-order valence-corrected chi connectivity index (χ0v) is 18.4. The van der Waals surface area contributed by atoms with Crippen molar-refractivity contribution in [3.05, 3.63) is 41.3 Å². The van der Waals surface area contributed by atoms with Crippen molar-refractivity contribution < 1.29 is 13.9 Å². The summed E-state index contributed by atoms with van der Waals surface area (Å²) >= 11 is 7.72. The van der Waals surface area contributed by atoms with Gasteiger partial charge in [-0.15, -0.1) is 12.4 Å². The Labute approximate surface area is 179 Å². The van der Waals surface area contributed by atoms with E-state index in [-0.39, 0.29) is 24.1 Å². The number of thiazole rings is 1. The number of halogens is 2. The molecule has 0 unspecified atom stereocenters. The molecule has 3 aromatic rings. The van der Waals surface area contributed by atoms with Gasteiger partial charge in [0.1, 0.15) is 11.3 Å². The van der Waals surface area contributed by atoms with E-state index in [1.807, 2.05) is 0 Å². The summed E-state index contributed by atoms with van der Waals surface area (Å²) in [5.74, 6) is 0.694. The summed E-state index contributed by atoms with van der Waals surface area (Å²) in [6.45, 7) is 7.27. The second-order valence-corrected chi connectivity index (χ2v) is 7.27. The molecule has 1 aromatic carbocycles. The molecule has 3 rings (SSSR count). The van der Waals surface area contributed by atoms with E-state index in [1.165, 1.54) is 17.6 Å². The lowest BCUT2D eigenvalue weighted by molar-refractivity contribution is 0.0957. The van der Waals surface area contributed by atoms with Crippen molar-refractivity contribution in [2.75, 3.05) is 38.2 Å². The second-order valence-electron chi connectivity index (χ2n) is 5.88. The van der Waals surface area contributed by atoms with Gasteiger partial charge in [0.25, 0.3) is 5.91 Å². The van der Waals surface area contributed by atoms with Gasteiger partial charge in [-0.05, 0) is 37.4 Å². The summed E-state index contributed by atoms with van der Waals surface area (Å²) in [4.78, 5) is 21.6. The maximum absolute atomic E-state index is 13.0. The van der Waals surface area contributed by atoms with Crippen molar-refractivity contribution >= 4 is 56.6 Å². The van der Waals surface area contributed by atoms with E-state index in [4.69, 9.17) is 20.8 Å². The highest BCUT2D eigenvalue weighted by molar-refractivity contribution is 7.23. The summed E-state index contributed by atoms with van der Waals surface area (Å²) in [5, 5.41) is 1.16. The van der Waals surface area contributed by atoms with Gasteiger partial charge >= 0.3 is 0 Å². The number of ether oxygens (including phenoxy) is 1. The van der Waals surface area contributed by atoms with Crippen molar-refractivity contribution in [2.45, 2.75) is 13.8 Å². The van der Waals surface area contributed by atoms with E-state index in [0.717, 1.165) is 24.3 Å². The normalized spacial score (nSPS) is 10.9. The molecule has 0 aliphatic carbocycles. The van der Waals surface area contributed by atoms with Gasteiger partial charge in [-0.1, -0.05) is 36.8 Å². The van der Waals surface area contributed by atoms with Crippen LogP contribution < -0.4 is 9.64 Å². The van der Waals surface area contributed by atoms with E-state index in [2.05, 4.69) is 23.7 Å². The number of methoxy groups -OCH3 is 1. The molecular formula is C19H23Cl2N3O3S. The molecule has 0 atom stereocenters. The largest absolute Gasteiger partial charge is 0.494 e. The number of hydrogen-bond donors (Lipinski definition) is 0. The minimum absolute atomic E-state index is 0. The fourth-order valence-corrected chi connectivity index (χ4v) is 4.10. The van der Waals surface area contributed by atoms with Crippen LogP contribution in [0.15, 0.2) is 34.9 Å². The van der Waals surface area contributed by atoms with E-state index < -0.39 is 0 Å². The molecule has 6 nitrogen and oxygen atoms in total. The zero-order chi connectivity index (χ0) is 19.4. The van der Waals surface area contributed by atoms with Gasteiger partial charge in [0.15, 0.2) is 10.9 Å². The monoisotopic (exact) mass is 443 g/mol. The quantitative estimate of drug-likeness (QED) is 0.492. The summed E-state index contributed by atoms with van der Waals surface area (Å²) in [5.41, 5.74) is 0.657. The van der Waals surface area contributed by atoms with Gasteiger partial charge in [-0.2, -0.15) is 0 Å². The lowest BCUT2D eigenvalue weighted by Crippen LogP contribution is -2.38. The Balaban J connectivity index is 0.00000280. The molecule has 0 N–H and O–H groups in total. The molecule has 1 amide bonds. The Kier molecular flexibility index (Phi) is 8.12. The minimum Gasteiger partial charge on any atom is -0.494 e. The number of carbonyl (C=O) groups excluding carboxylic acids is 1.